The number of benzene rings is 1. The molecule has 4 rings (SSSR count). The summed E-state index contributed by atoms with van der Waals surface area (Å²) in [6, 6.07) is 6.13. The number of amides is 1. The first-order chi connectivity index (χ1) is 13.0. The number of pyridine rings is 1. The maximum absolute atomic E-state index is 13.4. The number of piperidine rings is 1. The van der Waals surface area contributed by atoms with Crippen LogP contribution in [-0.2, 0) is 7.05 Å². The summed E-state index contributed by atoms with van der Waals surface area (Å²) in [7, 11) is 1.98. The van der Waals surface area contributed by atoms with Gasteiger partial charge in [0.15, 0.2) is 0 Å². The van der Waals surface area contributed by atoms with E-state index >= 15 is 0 Å². The highest BCUT2D eigenvalue weighted by Crippen LogP contribution is 2.30. The van der Waals surface area contributed by atoms with Crippen LogP contribution in [0.4, 0.5) is 0 Å². The molecule has 0 N–H and O–H groups in total. The minimum absolute atomic E-state index is 0.116. The highest BCUT2D eigenvalue weighted by Gasteiger charge is 2.29. The molecular formula is C21H25N5O. The maximum atomic E-state index is 13.4. The van der Waals surface area contributed by atoms with Crippen molar-refractivity contribution >= 4 is 16.8 Å². The number of carbonyl (C=O) groups excluding carboxylic acids is 1. The van der Waals surface area contributed by atoms with E-state index in [1.807, 2.05) is 42.5 Å². The van der Waals surface area contributed by atoms with Crippen molar-refractivity contribution < 1.29 is 4.79 Å². The van der Waals surface area contributed by atoms with Crippen molar-refractivity contribution in [1.82, 2.24) is 24.6 Å². The Bertz CT molecular complexity index is 1010. The summed E-state index contributed by atoms with van der Waals surface area (Å²) in [6.07, 6.45) is 3.57. The summed E-state index contributed by atoms with van der Waals surface area (Å²) in [5.74, 6) is 1.49. The van der Waals surface area contributed by atoms with Gasteiger partial charge in [-0.25, -0.2) is 0 Å². The summed E-state index contributed by atoms with van der Waals surface area (Å²) in [5, 5.41) is 9.19. The van der Waals surface area contributed by atoms with Gasteiger partial charge >= 0.3 is 0 Å². The number of nitrogens with zero attached hydrogens (tertiary/aromatic N) is 5. The molecule has 1 aromatic carbocycles. The molecule has 1 fully saturated rings. The van der Waals surface area contributed by atoms with Gasteiger partial charge in [-0.05, 0) is 51.3 Å². The summed E-state index contributed by atoms with van der Waals surface area (Å²) in [4.78, 5) is 20.1. The van der Waals surface area contributed by atoms with Crippen LogP contribution in [0.5, 0.6) is 0 Å². The van der Waals surface area contributed by atoms with Gasteiger partial charge in [-0.15, -0.1) is 10.2 Å². The second kappa shape index (κ2) is 6.76. The van der Waals surface area contributed by atoms with Crippen molar-refractivity contribution in [2.45, 2.75) is 39.5 Å². The fraction of sp³-hybridized carbons (Fsp3) is 0.429. The van der Waals surface area contributed by atoms with E-state index in [-0.39, 0.29) is 5.91 Å². The van der Waals surface area contributed by atoms with Crippen LogP contribution in [0.2, 0.25) is 0 Å². The number of fused-ring (bicyclic) bond motifs is 1. The van der Waals surface area contributed by atoms with Crippen LogP contribution >= 0.6 is 0 Å². The van der Waals surface area contributed by atoms with Crippen molar-refractivity contribution in [2.24, 2.45) is 7.05 Å². The lowest BCUT2D eigenvalue weighted by atomic mass is 9.94. The van der Waals surface area contributed by atoms with E-state index in [0.717, 1.165) is 65.0 Å². The standard InChI is InChI=1S/C21H25N5O/c1-13-5-6-18-17(11-13)19(14(2)15(3)23-18)21(27)26-9-7-16(8-10-26)20-24-22-12-25(20)4/h5-6,11-12,16H,7-10H2,1-4H3. The van der Waals surface area contributed by atoms with Crippen LogP contribution in [-0.4, -0.2) is 43.6 Å². The molecule has 3 aromatic rings. The Kier molecular flexibility index (Phi) is 4.42. The van der Waals surface area contributed by atoms with Crippen molar-refractivity contribution in [1.29, 1.82) is 0 Å². The summed E-state index contributed by atoms with van der Waals surface area (Å²) in [6.45, 7) is 7.51. The van der Waals surface area contributed by atoms with Gasteiger partial charge in [-0.1, -0.05) is 11.6 Å². The maximum Gasteiger partial charge on any atom is 0.254 e. The van der Waals surface area contributed by atoms with Crippen LogP contribution in [0.3, 0.4) is 0 Å². The zero-order valence-corrected chi connectivity index (χ0v) is 16.4. The first-order valence-corrected chi connectivity index (χ1v) is 9.46. The van der Waals surface area contributed by atoms with Gasteiger partial charge in [0.1, 0.15) is 12.2 Å². The molecule has 27 heavy (non-hydrogen) atoms. The molecule has 1 saturated heterocycles. The van der Waals surface area contributed by atoms with Crippen LogP contribution in [0.15, 0.2) is 24.5 Å². The summed E-state index contributed by atoms with van der Waals surface area (Å²) < 4.78 is 1.98. The van der Waals surface area contributed by atoms with Crippen molar-refractivity contribution in [3.63, 3.8) is 0 Å². The Balaban J connectivity index is 1.63. The monoisotopic (exact) mass is 363 g/mol. The normalized spacial score (nSPS) is 15.5. The Morgan fingerprint density at radius 3 is 2.56 bits per heavy atom. The lowest BCUT2D eigenvalue weighted by Gasteiger charge is -2.32. The Morgan fingerprint density at radius 2 is 1.89 bits per heavy atom. The molecular weight excluding hydrogens is 338 g/mol. The number of hydrogen-bond acceptors (Lipinski definition) is 4. The molecule has 1 aliphatic rings. The second-order valence-corrected chi connectivity index (χ2v) is 7.58. The lowest BCUT2D eigenvalue weighted by Crippen LogP contribution is -2.38. The van der Waals surface area contributed by atoms with E-state index in [1.54, 1.807) is 6.33 Å². The smallest absolute Gasteiger partial charge is 0.254 e. The minimum Gasteiger partial charge on any atom is -0.339 e. The zero-order valence-electron chi connectivity index (χ0n) is 16.4. The molecule has 1 amide bonds. The number of likely N-dealkylation sites (tertiary alicyclic amines) is 1. The van der Waals surface area contributed by atoms with Gasteiger partial charge in [0.25, 0.3) is 5.91 Å². The molecule has 0 spiro atoms. The molecule has 6 nitrogen and oxygen atoms in total. The average molecular weight is 363 g/mol. The Labute approximate surface area is 159 Å². The Hall–Kier alpha value is -2.76. The van der Waals surface area contributed by atoms with Gasteiger partial charge in [0.2, 0.25) is 0 Å². The first kappa shape index (κ1) is 17.6. The van der Waals surface area contributed by atoms with E-state index in [4.69, 9.17) is 0 Å². The summed E-state index contributed by atoms with van der Waals surface area (Å²) >= 11 is 0. The van der Waals surface area contributed by atoms with Crippen LogP contribution < -0.4 is 0 Å². The fourth-order valence-corrected chi connectivity index (χ4v) is 4.03. The van der Waals surface area contributed by atoms with E-state index in [2.05, 4.69) is 28.2 Å². The molecule has 3 heterocycles. The van der Waals surface area contributed by atoms with Crippen LogP contribution in [0.25, 0.3) is 10.9 Å². The quantitative estimate of drug-likeness (QED) is 0.701. The first-order valence-electron chi connectivity index (χ1n) is 9.46. The molecule has 2 aromatic heterocycles. The van der Waals surface area contributed by atoms with Gasteiger partial charge in [0.05, 0.1) is 11.1 Å². The summed E-state index contributed by atoms with van der Waals surface area (Å²) in [5.41, 5.74) is 4.74. The third-order valence-corrected chi connectivity index (χ3v) is 5.73. The molecule has 0 radical (unpaired) electrons. The molecule has 6 heteroatoms. The molecule has 0 atom stereocenters. The molecule has 0 saturated carbocycles. The van der Waals surface area contributed by atoms with Crippen molar-refractivity contribution in [3.8, 4) is 0 Å². The number of hydrogen-bond donors (Lipinski definition) is 0. The molecule has 1 aliphatic heterocycles. The molecule has 0 unspecified atom stereocenters. The predicted octanol–water partition coefficient (Wildman–Crippen LogP) is 3.31. The van der Waals surface area contributed by atoms with Crippen molar-refractivity contribution in [2.75, 3.05) is 13.1 Å². The van der Waals surface area contributed by atoms with Gasteiger partial charge in [0, 0.05) is 37.1 Å². The van der Waals surface area contributed by atoms with Gasteiger partial charge in [-0.3, -0.25) is 9.78 Å². The number of rotatable bonds is 2. The average Bonchev–Trinajstić information content (AvgIpc) is 3.09. The van der Waals surface area contributed by atoms with Crippen LogP contribution in [0.1, 0.15) is 51.8 Å². The van der Waals surface area contributed by atoms with E-state index in [0.29, 0.717) is 5.92 Å². The molecule has 140 valence electrons. The fourth-order valence-electron chi connectivity index (χ4n) is 4.03. The van der Waals surface area contributed by atoms with Gasteiger partial charge < -0.3 is 9.47 Å². The third-order valence-electron chi connectivity index (χ3n) is 5.73. The third kappa shape index (κ3) is 3.09. The van der Waals surface area contributed by atoms with Crippen molar-refractivity contribution in [3.05, 3.63) is 52.7 Å². The predicted molar refractivity (Wildman–Crippen MR) is 105 cm³/mol. The highest BCUT2D eigenvalue weighted by atomic mass is 16.2. The SMILES string of the molecule is Cc1ccc2nc(C)c(C)c(C(=O)N3CCC(c4nncn4C)CC3)c2c1. The lowest BCUT2D eigenvalue weighted by molar-refractivity contribution is 0.0711. The molecule has 0 aliphatic carbocycles. The molecule has 0 bridgehead atoms. The van der Waals surface area contributed by atoms with Gasteiger partial charge in [-0.2, -0.15) is 0 Å². The van der Waals surface area contributed by atoms with E-state index < -0.39 is 0 Å². The van der Waals surface area contributed by atoms with E-state index in [9.17, 15) is 4.79 Å². The largest absolute Gasteiger partial charge is 0.339 e. The minimum atomic E-state index is 0.116. The topological polar surface area (TPSA) is 63.9 Å². The van der Waals surface area contributed by atoms with Crippen LogP contribution in [0, 0.1) is 20.8 Å². The number of aromatic nitrogens is 4. The highest BCUT2D eigenvalue weighted by molar-refractivity contribution is 6.07. The second-order valence-electron chi connectivity index (χ2n) is 7.58. The number of carbonyl (C=O) groups is 1. The zero-order chi connectivity index (χ0) is 19.1. The van der Waals surface area contributed by atoms with E-state index in [1.165, 1.54) is 0 Å². The number of aryl methyl sites for hydroxylation is 3. The Morgan fingerprint density at radius 1 is 1.15 bits per heavy atom.